The third-order valence-electron chi connectivity index (χ3n) is 5.79. The fraction of sp³-hybridized carbons (Fsp3) is 0.636. The number of nitrogens with zero attached hydrogens (tertiary/aromatic N) is 3. The standard InChI is InChI=1S/C22H35N5O2/c1-23-22(24-9-12-26-13-15-29-16-14-26)25-18-21(28)27-10-7-20(8-11-27)17-19-5-3-2-4-6-19/h2-6,20H,7-18H2,1H3,(H2,23,24,25). The van der Waals surface area contributed by atoms with Crippen LogP contribution in [-0.4, -0.2) is 87.7 Å². The Kier molecular flexibility index (Phi) is 8.77. The van der Waals surface area contributed by atoms with E-state index in [1.54, 1.807) is 7.05 Å². The van der Waals surface area contributed by atoms with E-state index in [2.05, 4.69) is 50.9 Å². The number of carbonyl (C=O) groups is 1. The summed E-state index contributed by atoms with van der Waals surface area (Å²) in [7, 11) is 1.74. The van der Waals surface area contributed by atoms with Crippen molar-refractivity contribution in [1.29, 1.82) is 0 Å². The molecule has 0 spiro atoms. The minimum absolute atomic E-state index is 0.152. The Bertz CT molecular complexity index is 638. The van der Waals surface area contributed by atoms with Crippen molar-refractivity contribution in [2.24, 2.45) is 10.9 Å². The number of likely N-dealkylation sites (tertiary alicyclic amines) is 1. The number of amides is 1. The molecule has 1 aromatic rings. The molecule has 0 radical (unpaired) electrons. The van der Waals surface area contributed by atoms with Crippen LogP contribution < -0.4 is 10.6 Å². The molecule has 3 rings (SSSR count). The van der Waals surface area contributed by atoms with Crippen molar-refractivity contribution in [3.05, 3.63) is 35.9 Å². The van der Waals surface area contributed by atoms with Crippen molar-refractivity contribution in [2.45, 2.75) is 19.3 Å². The van der Waals surface area contributed by atoms with Crippen LogP contribution in [0.4, 0.5) is 0 Å². The molecular formula is C22H35N5O2. The van der Waals surface area contributed by atoms with Gasteiger partial charge in [-0.05, 0) is 30.7 Å². The fourth-order valence-electron chi connectivity index (χ4n) is 3.98. The smallest absolute Gasteiger partial charge is 0.241 e. The van der Waals surface area contributed by atoms with Crippen LogP contribution in [-0.2, 0) is 16.0 Å². The van der Waals surface area contributed by atoms with Crippen LogP contribution in [0.3, 0.4) is 0 Å². The van der Waals surface area contributed by atoms with Gasteiger partial charge in [0.15, 0.2) is 5.96 Å². The molecule has 1 amide bonds. The molecule has 2 saturated heterocycles. The van der Waals surface area contributed by atoms with Crippen molar-refractivity contribution in [2.75, 3.05) is 66.1 Å². The zero-order valence-corrected chi connectivity index (χ0v) is 17.6. The van der Waals surface area contributed by atoms with Gasteiger partial charge in [0.05, 0.1) is 19.8 Å². The van der Waals surface area contributed by atoms with E-state index in [0.717, 1.165) is 71.7 Å². The van der Waals surface area contributed by atoms with Crippen molar-refractivity contribution in [3.8, 4) is 0 Å². The fourth-order valence-corrected chi connectivity index (χ4v) is 3.98. The van der Waals surface area contributed by atoms with E-state index in [-0.39, 0.29) is 5.91 Å². The van der Waals surface area contributed by atoms with Crippen molar-refractivity contribution >= 4 is 11.9 Å². The number of rotatable bonds is 7. The lowest BCUT2D eigenvalue weighted by atomic mass is 9.90. The van der Waals surface area contributed by atoms with Crippen LogP contribution in [0.5, 0.6) is 0 Å². The largest absolute Gasteiger partial charge is 0.379 e. The molecule has 0 unspecified atom stereocenters. The molecule has 0 atom stereocenters. The minimum atomic E-state index is 0.152. The van der Waals surface area contributed by atoms with Gasteiger partial charge in [-0.1, -0.05) is 30.3 Å². The number of ether oxygens (including phenoxy) is 1. The monoisotopic (exact) mass is 401 g/mol. The van der Waals surface area contributed by atoms with Crippen molar-refractivity contribution in [3.63, 3.8) is 0 Å². The van der Waals surface area contributed by atoms with Gasteiger partial charge in [0, 0.05) is 46.3 Å². The number of carbonyl (C=O) groups excluding carboxylic acids is 1. The van der Waals surface area contributed by atoms with Crippen molar-refractivity contribution in [1.82, 2.24) is 20.4 Å². The molecule has 0 aliphatic carbocycles. The van der Waals surface area contributed by atoms with Crippen LogP contribution in [0.15, 0.2) is 35.3 Å². The second kappa shape index (κ2) is 11.8. The number of piperidine rings is 1. The third kappa shape index (κ3) is 7.33. The van der Waals surface area contributed by atoms with Gasteiger partial charge in [-0.15, -0.1) is 0 Å². The zero-order chi connectivity index (χ0) is 20.3. The predicted octanol–water partition coefficient (Wildman–Crippen LogP) is 0.965. The zero-order valence-electron chi connectivity index (χ0n) is 17.6. The lowest BCUT2D eigenvalue weighted by Crippen LogP contribution is -2.48. The highest BCUT2D eigenvalue weighted by Gasteiger charge is 2.23. The number of hydrogen-bond donors (Lipinski definition) is 2. The highest BCUT2D eigenvalue weighted by atomic mass is 16.5. The second-order valence-electron chi connectivity index (χ2n) is 7.82. The Morgan fingerprint density at radius 3 is 2.52 bits per heavy atom. The van der Waals surface area contributed by atoms with Gasteiger partial charge in [0.2, 0.25) is 5.91 Å². The van der Waals surface area contributed by atoms with Crippen LogP contribution >= 0.6 is 0 Å². The number of aliphatic imine (C=N–C) groups is 1. The Morgan fingerprint density at radius 2 is 1.83 bits per heavy atom. The molecule has 0 bridgehead atoms. The van der Waals surface area contributed by atoms with E-state index in [1.807, 2.05) is 4.90 Å². The lowest BCUT2D eigenvalue weighted by molar-refractivity contribution is -0.131. The summed E-state index contributed by atoms with van der Waals surface area (Å²) in [5, 5.41) is 6.45. The van der Waals surface area contributed by atoms with Gasteiger partial charge >= 0.3 is 0 Å². The number of nitrogens with one attached hydrogen (secondary N) is 2. The van der Waals surface area contributed by atoms with Gasteiger partial charge < -0.3 is 20.3 Å². The first-order valence-electron chi connectivity index (χ1n) is 10.8. The van der Waals surface area contributed by atoms with Gasteiger partial charge in [-0.2, -0.15) is 0 Å². The summed E-state index contributed by atoms with van der Waals surface area (Å²) in [4.78, 5) is 21.1. The lowest BCUT2D eigenvalue weighted by Gasteiger charge is -2.32. The van der Waals surface area contributed by atoms with E-state index >= 15 is 0 Å². The maximum atomic E-state index is 12.6. The molecular weight excluding hydrogens is 366 g/mol. The molecule has 2 aliphatic heterocycles. The SMILES string of the molecule is CN=C(NCCN1CCOCC1)NCC(=O)N1CCC(Cc2ccccc2)CC1. The van der Waals surface area contributed by atoms with E-state index in [0.29, 0.717) is 18.4 Å². The topological polar surface area (TPSA) is 69.2 Å². The highest BCUT2D eigenvalue weighted by Crippen LogP contribution is 2.21. The first-order valence-corrected chi connectivity index (χ1v) is 10.8. The third-order valence-corrected chi connectivity index (χ3v) is 5.79. The molecule has 7 nitrogen and oxygen atoms in total. The molecule has 1 aromatic carbocycles. The Labute approximate surface area is 174 Å². The van der Waals surface area contributed by atoms with Crippen LogP contribution in [0, 0.1) is 5.92 Å². The van der Waals surface area contributed by atoms with Crippen LogP contribution in [0.25, 0.3) is 0 Å². The first-order chi connectivity index (χ1) is 14.2. The van der Waals surface area contributed by atoms with Gasteiger partial charge in [0.1, 0.15) is 0 Å². The Balaban J connectivity index is 1.31. The van der Waals surface area contributed by atoms with Crippen LogP contribution in [0.2, 0.25) is 0 Å². The number of benzene rings is 1. The average Bonchev–Trinajstić information content (AvgIpc) is 2.78. The Hall–Kier alpha value is -2.12. The molecule has 29 heavy (non-hydrogen) atoms. The average molecular weight is 402 g/mol. The minimum Gasteiger partial charge on any atom is -0.379 e. The molecule has 2 heterocycles. The summed E-state index contributed by atoms with van der Waals surface area (Å²) in [6.07, 6.45) is 3.27. The summed E-state index contributed by atoms with van der Waals surface area (Å²) in [5.41, 5.74) is 1.39. The summed E-state index contributed by atoms with van der Waals surface area (Å²) in [6.45, 7) is 7.32. The summed E-state index contributed by atoms with van der Waals surface area (Å²) < 4.78 is 5.37. The Morgan fingerprint density at radius 1 is 1.10 bits per heavy atom. The number of hydrogen-bond acceptors (Lipinski definition) is 4. The normalized spacial score (nSPS) is 19.2. The maximum absolute atomic E-state index is 12.6. The van der Waals surface area contributed by atoms with Crippen LogP contribution in [0.1, 0.15) is 18.4 Å². The van der Waals surface area contributed by atoms with Gasteiger partial charge in [-0.3, -0.25) is 14.7 Å². The van der Waals surface area contributed by atoms with Gasteiger partial charge in [-0.25, -0.2) is 0 Å². The first kappa shape index (κ1) is 21.6. The molecule has 2 fully saturated rings. The summed E-state index contributed by atoms with van der Waals surface area (Å²) in [6, 6.07) is 10.6. The van der Waals surface area contributed by atoms with E-state index < -0.39 is 0 Å². The van der Waals surface area contributed by atoms with Gasteiger partial charge in [0.25, 0.3) is 0 Å². The predicted molar refractivity (Wildman–Crippen MR) is 116 cm³/mol. The molecule has 160 valence electrons. The quantitative estimate of drug-likeness (QED) is 0.526. The van der Waals surface area contributed by atoms with E-state index in [9.17, 15) is 4.79 Å². The summed E-state index contributed by atoms with van der Waals surface area (Å²) >= 11 is 0. The molecule has 2 N–H and O–H groups in total. The molecule has 7 heteroatoms. The maximum Gasteiger partial charge on any atom is 0.241 e. The number of guanidine groups is 1. The van der Waals surface area contributed by atoms with E-state index in [4.69, 9.17) is 4.74 Å². The molecule has 0 aromatic heterocycles. The second-order valence-corrected chi connectivity index (χ2v) is 7.82. The number of morpholine rings is 1. The summed E-state index contributed by atoms with van der Waals surface area (Å²) in [5.74, 6) is 1.51. The highest BCUT2D eigenvalue weighted by molar-refractivity contribution is 5.86. The molecule has 0 saturated carbocycles. The van der Waals surface area contributed by atoms with E-state index in [1.165, 1.54) is 5.56 Å². The van der Waals surface area contributed by atoms with Crippen molar-refractivity contribution < 1.29 is 9.53 Å². The molecule has 2 aliphatic rings.